The molecule has 1 aromatic carbocycles. The van der Waals surface area contributed by atoms with Crippen molar-refractivity contribution >= 4 is 34.4 Å². The summed E-state index contributed by atoms with van der Waals surface area (Å²) >= 11 is 6.52. The summed E-state index contributed by atoms with van der Waals surface area (Å²) in [5.74, 6) is 0.395. The van der Waals surface area contributed by atoms with Crippen LogP contribution in [-0.2, 0) is 16.1 Å². The van der Waals surface area contributed by atoms with Gasteiger partial charge in [-0.05, 0) is 56.0 Å². The van der Waals surface area contributed by atoms with Gasteiger partial charge in [0.1, 0.15) is 5.82 Å². The zero-order valence-corrected chi connectivity index (χ0v) is 19.6. The summed E-state index contributed by atoms with van der Waals surface area (Å²) < 4.78 is 7.51. The molecule has 2 aliphatic rings. The van der Waals surface area contributed by atoms with Gasteiger partial charge in [-0.1, -0.05) is 17.7 Å². The zero-order valence-electron chi connectivity index (χ0n) is 18.9. The fourth-order valence-corrected chi connectivity index (χ4v) is 4.99. The molecule has 0 spiro atoms. The van der Waals surface area contributed by atoms with E-state index in [0.717, 1.165) is 41.5 Å². The van der Waals surface area contributed by atoms with E-state index >= 15 is 0 Å². The topological polar surface area (TPSA) is 105 Å². The Balaban J connectivity index is 1.42. The standard InChI is InChI=1S/C25H27ClN6O2/c26-20-13-29-23(31-24(33)18-2-1-7-28-12-18)11-19(20)17-3-4-21-22(10-17)32(16-30-21)15-25(14-27)5-8-34-9-6-25/h3-4,10-11,13,16,18,28H,1-2,5-9,12,15H2,(H,29,31,33). The predicted molar refractivity (Wildman–Crippen MR) is 130 cm³/mol. The fourth-order valence-electron chi connectivity index (χ4n) is 4.78. The molecule has 8 nitrogen and oxygen atoms in total. The smallest absolute Gasteiger partial charge is 0.229 e. The SMILES string of the molecule is N#CC1(Cn2cnc3ccc(-c4cc(NC(=O)C5CCCNC5)ncc4Cl)cc32)CCOCC1. The van der Waals surface area contributed by atoms with E-state index in [1.165, 1.54) is 0 Å². The first-order valence-electron chi connectivity index (χ1n) is 11.7. The molecule has 2 N–H and O–H groups in total. The van der Waals surface area contributed by atoms with Gasteiger partial charge >= 0.3 is 0 Å². The van der Waals surface area contributed by atoms with Gasteiger partial charge in [-0.2, -0.15) is 5.26 Å². The number of ether oxygens (including phenoxy) is 1. The van der Waals surface area contributed by atoms with Gasteiger partial charge in [-0.25, -0.2) is 9.97 Å². The Labute approximate surface area is 203 Å². The number of piperidine rings is 1. The maximum atomic E-state index is 12.7. The average molecular weight is 479 g/mol. The monoisotopic (exact) mass is 478 g/mol. The predicted octanol–water partition coefficient (Wildman–Crippen LogP) is 4.01. The lowest BCUT2D eigenvalue weighted by molar-refractivity contribution is -0.120. The molecule has 34 heavy (non-hydrogen) atoms. The van der Waals surface area contributed by atoms with Crippen molar-refractivity contribution in [3.8, 4) is 17.2 Å². The van der Waals surface area contributed by atoms with Crippen LogP contribution in [0.5, 0.6) is 0 Å². The largest absolute Gasteiger partial charge is 0.381 e. The van der Waals surface area contributed by atoms with E-state index in [0.29, 0.717) is 50.0 Å². The fraction of sp³-hybridized carbons (Fsp3) is 0.440. The highest BCUT2D eigenvalue weighted by molar-refractivity contribution is 6.33. The van der Waals surface area contributed by atoms with Gasteiger partial charge in [0.25, 0.3) is 0 Å². The lowest BCUT2D eigenvalue weighted by Crippen LogP contribution is -2.37. The number of fused-ring (bicyclic) bond motifs is 1. The number of nitrogens with one attached hydrogen (secondary N) is 2. The minimum Gasteiger partial charge on any atom is -0.381 e. The number of carbonyl (C=O) groups excluding carboxylic acids is 1. The molecule has 0 bridgehead atoms. The number of pyridine rings is 1. The third-order valence-electron chi connectivity index (χ3n) is 6.87. The van der Waals surface area contributed by atoms with Crippen LogP contribution >= 0.6 is 11.6 Å². The molecule has 0 radical (unpaired) electrons. The first kappa shape index (κ1) is 22.8. The molecule has 1 amide bonds. The van der Waals surface area contributed by atoms with E-state index in [-0.39, 0.29) is 11.8 Å². The summed E-state index contributed by atoms with van der Waals surface area (Å²) in [6, 6.07) is 10.3. The minimum atomic E-state index is -0.457. The van der Waals surface area contributed by atoms with Crippen LogP contribution < -0.4 is 10.6 Å². The number of amides is 1. The van der Waals surface area contributed by atoms with Crippen LogP contribution in [0.1, 0.15) is 25.7 Å². The molecule has 1 unspecified atom stereocenters. The summed E-state index contributed by atoms with van der Waals surface area (Å²) in [6.45, 7) is 3.40. The van der Waals surface area contributed by atoms with Crippen molar-refractivity contribution in [1.82, 2.24) is 19.9 Å². The van der Waals surface area contributed by atoms with Crippen molar-refractivity contribution in [1.29, 1.82) is 5.26 Å². The van der Waals surface area contributed by atoms with Crippen molar-refractivity contribution in [3.05, 3.63) is 41.8 Å². The maximum absolute atomic E-state index is 12.7. The molecule has 3 aromatic rings. The average Bonchev–Trinajstić information content (AvgIpc) is 3.28. The molecule has 0 aliphatic carbocycles. The molecular weight excluding hydrogens is 452 g/mol. The third-order valence-corrected chi connectivity index (χ3v) is 7.17. The molecule has 5 rings (SSSR count). The number of hydrogen-bond acceptors (Lipinski definition) is 6. The minimum absolute atomic E-state index is 0.0280. The second-order valence-electron chi connectivity index (χ2n) is 9.16. The highest BCUT2D eigenvalue weighted by Gasteiger charge is 2.33. The van der Waals surface area contributed by atoms with E-state index in [1.807, 2.05) is 28.8 Å². The van der Waals surface area contributed by atoms with E-state index in [2.05, 4.69) is 26.7 Å². The molecule has 2 saturated heterocycles. The van der Waals surface area contributed by atoms with Crippen LogP contribution in [0.25, 0.3) is 22.2 Å². The Morgan fingerprint density at radius 2 is 2.18 bits per heavy atom. The molecule has 176 valence electrons. The number of anilines is 1. The maximum Gasteiger partial charge on any atom is 0.229 e. The molecule has 1 atom stereocenters. The molecule has 2 fully saturated rings. The van der Waals surface area contributed by atoms with E-state index in [4.69, 9.17) is 16.3 Å². The quantitative estimate of drug-likeness (QED) is 0.574. The van der Waals surface area contributed by atoms with Crippen molar-refractivity contribution in [2.24, 2.45) is 11.3 Å². The van der Waals surface area contributed by atoms with Crippen molar-refractivity contribution in [2.45, 2.75) is 32.2 Å². The highest BCUT2D eigenvalue weighted by atomic mass is 35.5. The number of carbonyl (C=O) groups is 1. The molecule has 2 aliphatic heterocycles. The van der Waals surface area contributed by atoms with Crippen molar-refractivity contribution < 1.29 is 9.53 Å². The van der Waals surface area contributed by atoms with Crippen LogP contribution in [0.4, 0.5) is 5.82 Å². The van der Waals surface area contributed by atoms with Gasteiger partial charge in [-0.15, -0.1) is 0 Å². The summed E-state index contributed by atoms with van der Waals surface area (Å²) in [4.78, 5) is 21.5. The molecular formula is C25H27ClN6O2. The van der Waals surface area contributed by atoms with Crippen LogP contribution in [-0.4, -0.2) is 46.7 Å². The molecule has 9 heteroatoms. The molecule has 2 aromatic heterocycles. The van der Waals surface area contributed by atoms with Crippen LogP contribution in [0, 0.1) is 22.7 Å². The number of nitriles is 1. The van der Waals surface area contributed by atoms with Crippen LogP contribution in [0.3, 0.4) is 0 Å². The number of rotatable bonds is 5. The van der Waals surface area contributed by atoms with Gasteiger partial charge in [0.15, 0.2) is 0 Å². The number of benzene rings is 1. The zero-order chi connectivity index (χ0) is 23.5. The molecule has 4 heterocycles. The number of aromatic nitrogens is 3. The number of halogens is 1. The second kappa shape index (κ2) is 9.71. The van der Waals surface area contributed by atoms with Crippen molar-refractivity contribution in [3.63, 3.8) is 0 Å². The Bertz CT molecular complexity index is 1240. The van der Waals surface area contributed by atoms with E-state index in [1.54, 1.807) is 12.5 Å². The van der Waals surface area contributed by atoms with Gasteiger partial charge in [-0.3, -0.25) is 4.79 Å². The molecule has 0 saturated carbocycles. The van der Waals surface area contributed by atoms with Gasteiger partial charge in [0.05, 0.1) is 39.8 Å². The Morgan fingerprint density at radius 1 is 1.32 bits per heavy atom. The number of hydrogen-bond donors (Lipinski definition) is 2. The Hall–Kier alpha value is -2.99. The first-order valence-corrected chi connectivity index (χ1v) is 12.1. The van der Waals surface area contributed by atoms with Gasteiger partial charge in [0, 0.05) is 38.1 Å². The van der Waals surface area contributed by atoms with E-state index in [9.17, 15) is 10.1 Å². The highest BCUT2D eigenvalue weighted by Crippen LogP contribution is 2.35. The third kappa shape index (κ3) is 4.64. The summed E-state index contributed by atoms with van der Waals surface area (Å²) in [7, 11) is 0. The first-order chi connectivity index (χ1) is 16.6. The summed E-state index contributed by atoms with van der Waals surface area (Å²) in [6.07, 6.45) is 6.64. The van der Waals surface area contributed by atoms with Gasteiger partial charge in [0.2, 0.25) is 5.91 Å². The van der Waals surface area contributed by atoms with Crippen molar-refractivity contribution in [2.75, 3.05) is 31.6 Å². The lowest BCUT2D eigenvalue weighted by Gasteiger charge is -2.31. The lowest BCUT2D eigenvalue weighted by atomic mass is 9.81. The number of imidazole rings is 1. The van der Waals surface area contributed by atoms with E-state index < -0.39 is 5.41 Å². The normalized spacial score (nSPS) is 20.1. The van der Waals surface area contributed by atoms with Gasteiger partial charge < -0.3 is 19.9 Å². The Kier molecular flexibility index (Phi) is 6.50. The summed E-state index contributed by atoms with van der Waals surface area (Å²) in [5.41, 5.74) is 3.01. The second-order valence-corrected chi connectivity index (χ2v) is 9.57. The van der Waals surface area contributed by atoms with Crippen LogP contribution in [0.15, 0.2) is 36.8 Å². The van der Waals surface area contributed by atoms with Crippen LogP contribution in [0.2, 0.25) is 5.02 Å². The number of nitrogens with zero attached hydrogens (tertiary/aromatic N) is 4. The summed E-state index contributed by atoms with van der Waals surface area (Å²) in [5, 5.41) is 16.6. The Morgan fingerprint density at radius 3 is 2.94 bits per heavy atom.